The van der Waals surface area contributed by atoms with Gasteiger partial charge < -0.3 is 0 Å². The summed E-state index contributed by atoms with van der Waals surface area (Å²) in [4.78, 5) is 0. The predicted octanol–water partition coefficient (Wildman–Crippen LogP) is 3.42. The first kappa shape index (κ1) is 14.3. The van der Waals surface area contributed by atoms with Crippen LogP contribution in [-0.2, 0) is 0 Å². The standard InChI is InChI=1S/C5H2F10/c6-1(2(7)8)3(9,4(10,11)12)5(13,14)15/h1-2H. The molecular formula is C5H2F10. The summed E-state index contributed by atoms with van der Waals surface area (Å²) in [6, 6.07) is 0. The fraction of sp³-hybridized carbons (Fsp3) is 1.00. The van der Waals surface area contributed by atoms with Gasteiger partial charge in [-0.05, 0) is 0 Å². The number of alkyl halides is 10. The normalized spacial score (nSPS) is 17.0. The third-order valence-corrected chi connectivity index (χ3v) is 1.43. The second kappa shape index (κ2) is 3.71. The summed E-state index contributed by atoms with van der Waals surface area (Å²) in [6.07, 6.45) is -23.4. The van der Waals surface area contributed by atoms with Crippen molar-refractivity contribution < 1.29 is 43.9 Å². The van der Waals surface area contributed by atoms with Crippen molar-refractivity contribution in [3.63, 3.8) is 0 Å². The zero-order valence-electron chi connectivity index (χ0n) is 6.43. The van der Waals surface area contributed by atoms with Gasteiger partial charge in [-0.15, -0.1) is 0 Å². The van der Waals surface area contributed by atoms with Crippen LogP contribution in [0.3, 0.4) is 0 Å². The molecule has 0 heterocycles. The van der Waals surface area contributed by atoms with E-state index in [9.17, 15) is 43.9 Å². The first-order chi connectivity index (χ1) is 6.35. The molecule has 10 heteroatoms. The van der Waals surface area contributed by atoms with Crippen LogP contribution in [0.15, 0.2) is 0 Å². The van der Waals surface area contributed by atoms with E-state index in [1.54, 1.807) is 0 Å². The number of hydrogen-bond donors (Lipinski definition) is 0. The van der Waals surface area contributed by atoms with Crippen LogP contribution in [0.1, 0.15) is 0 Å². The van der Waals surface area contributed by atoms with Gasteiger partial charge in [-0.3, -0.25) is 0 Å². The fourth-order valence-corrected chi connectivity index (χ4v) is 0.647. The fourth-order valence-electron chi connectivity index (χ4n) is 0.647. The highest BCUT2D eigenvalue weighted by atomic mass is 19.4. The Morgan fingerprint density at radius 3 is 0.933 bits per heavy atom. The van der Waals surface area contributed by atoms with Gasteiger partial charge >= 0.3 is 18.0 Å². The van der Waals surface area contributed by atoms with Crippen LogP contribution in [0, 0.1) is 0 Å². The predicted molar refractivity (Wildman–Crippen MR) is 26.8 cm³/mol. The van der Waals surface area contributed by atoms with Gasteiger partial charge in [-0.2, -0.15) is 26.3 Å². The van der Waals surface area contributed by atoms with Gasteiger partial charge in [0.1, 0.15) is 0 Å². The minimum atomic E-state index is -6.80. The molecule has 0 aliphatic carbocycles. The van der Waals surface area contributed by atoms with Gasteiger partial charge in [-0.1, -0.05) is 0 Å². The maximum Gasteiger partial charge on any atom is 0.434 e. The Labute approximate surface area is 75.9 Å². The minimum absolute atomic E-state index is 4.74. The molecule has 0 fully saturated rings. The lowest BCUT2D eigenvalue weighted by atomic mass is 9.99. The van der Waals surface area contributed by atoms with Crippen LogP contribution < -0.4 is 0 Å². The summed E-state index contributed by atoms with van der Waals surface area (Å²) >= 11 is 0. The smallest absolute Gasteiger partial charge is 0.237 e. The van der Waals surface area contributed by atoms with Crippen LogP contribution in [0.25, 0.3) is 0 Å². The van der Waals surface area contributed by atoms with Crippen LogP contribution in [0.5, 0.6) is 0 Å². The Morgan fingerprint density at radius 2 is 0.867 bits per heavy atom. The molecule has 0 saturated carbocycles. The van der Waals surface area contributed by atoms with E-state index in [4.69, 9.17) is 0 Å². The Balaban J connectivity index is 5.43. The number of rotatable bonds is 2. The number of halogens is 10. The molecule has 0 amide bonds. The lowest BCUT2D eigenvalue weighted by molar-refractivity contribution is -0.365. The van der Waals surface area contributed by atoms with Gasteiger partial charge in [0.2, 0.25) is 6.17 Å². The Kier molecular flexibility index (Phi) is 3.53. The maximum atomic E-state index is 12.3. The average molecular weight is 252 g/mol. The number of hydrogen-bond acceptors (Lipinski definition) is 0. The van der Waals surface area contributed by atoms with Gasteiger partial charge in [0.25, 0.3) is 6.43 Å². The van der Waals surface area contributed by atoms with E-state index in [0.29, 0.717) is 0 Å². The molecule has 0 aromatic carbocycles. The van der Waals surface area contributed by atoms with Gasteiger partial charge in [0, 0.05) is 0 Å². The highest BCUT2D eigenvalue weighted by molar-refractivity contribution is 5.01. The minimum Gasteiger partial charge on any atom is -0.237 e. The summed E-state index contributed by atoms with van der Waals surface area (Å²) < 4.78 is 116. The largest absolute Gasteiger partial charge is 0.434 e. The maximum absolute atomic E-state index is 12.3. The highest BCUT2D eigenvalue weighted by Crippen LogP contribution is 2.50. The SMILES string of the molecule is FC(F)C(F)C(F)(C(F)(F)F)C(F)(F)F. The summed E-state index contributed by atoms with van der Waals surface area (Å²) in [5, 5.41) is 0. The monoisotopic (exact) mass is 252 g/mol. The molecule has 1 unspecified atom stereocenters. The Bertz CT molecular complexity index is 197. The van der Waals surface area contributed by atoms with E-state index in [2.05, 4.69) is 0 Å². The third-order valence-electron chi connectivity index (χ3n) is 1.43. The van der Waals surface area contributed by atoms with Crippen molar-refractivity contribution in [1.82, 2.24) is 0 Å². The topological polar surface area (TPSA) is 0 Å². The molecule has 1 atom stereocenters. The van der Waals surface area contributed by atoms with Crippen molar-refractivity contribution in [1.29, 1.82) is 0 Å². The van der Waals surface area contributed by atoms with Crippen LogP contribution >= 0.6 is 0 Å². The summed E-state index contributed by atoms with van der Waals surface area (Å²) in [5.41, 5.74) is -6.56. The second-order valence-electron chi connectivity index (χ2n) is 2.44. The first-order valence-corrected chi connectivity index (χ1v) is 3.10. The lowest BCUT2D eigenvalue weighted by Crippen LogP contribution is -2.61. The summed E-state index contributed by atoms with van der Waals surface area (Å²) in [6.45, 7) is 0. The zero-order chi connectivity index (χ0) is 12.7. The van der Waals surface area contributed by atoms with Crippen LogP contribution in [0.2, 0.25) is 0 Å². The first-order valence-electron chi connectivity index (χ1n) is 3.10. The van der Waals surface area contributed by atoms with E-state index in [-0.39, 0.29) is 0 Å². The van der Waals surface area contributed by atoms with Crippen molar-refractivity contribution in [3.8, 4) is 0 Å². The van der Waals surface area contributed by atoms with Crippen molar-refractivity contribution in [2.24, 2.45) is 0 Å². The average Bonchev–Trinajstić information content (AvgIpc) is 1.96. The van der Waals surface area contributed by atoms with Gasteiger partial charge in [0.05, 0.1) is 0 Å². The molecule has 0 aromatic rings. The molecular weight excluding hydrogens is 250 g/mol. The van der Waals surface area contributed by atoms with Crippen molar-refractivity contribution in [3.05, 3.63) is 0 Å². The van der Waals surface area contributed by atoms with Crippen molar-refractivity contribution >= 4 is 0 Å². The van der Waals surface area contributed by atoms with E-state index in [1.165, 1.54) is 0 Å². The van der Waals surface area contributed by atoms with E-state index in [1.807, 2.05) is 0 Å². The molecule has 92 valence electrons. The quantitative estimate of drug-likeness (QED) is 0.660. The van der Waals surface area contributed by atoms with Gasteiger partial charge in [-0.25, -0.2) is 17.6 Å². The van der Waals surface area contributed by atoms with Gasteiger partial charge in [0.15, 0.2) is 0 Å². The lowest BCUT2D eigenvalue weighted by Gasteiger charge is -2.31. The molecule has 0 rings (SSSR count). The Hall–Kier alpha value is -0.700. The van der Waals surface area contributed by atoms with Crippen molar-refractivity contribution in [2.75, 3.05) is 0 Å². The highest BCUT2D eigenvalue weighted by Gasteiger charge is 2.78. The molecule has 0 aliphatic rings. The molecule has 0 N–H and O–H groups in total. The Morgan fingerprint density at radius 1 is 0.600 bits per heavy atom. The van der Waals surface area contributed by atoms with Crippen LogP contribution in [-0.4, -0.2) is 30.6 Å². The molecule has 0 radical (unpaired) electrons. The van der Waals surface area contributed by atoms with Crippen LogP contribution in [0.4, 0.5) is 43.9 Å². The van der Waals surface area contributed by atoms with E-state index >= 15 is 0 Å². The molecule has 0 aliphatic heterocycles. The summed E-state index contributed by atoms with van der Waals surface area (Å²) in [7, 11) is 0. The van der Waals surface area contributed by atoms with E-state index < -0.39 is 30.6 Å². The molecule has 0 nitrogen and oxygen atoms in total. The molecule has 15 heavy (non-hydrogen) atoms. The molecule has 0 bridgehead atoms. The zero-order valence-corrected chi connectivity index (χ0v) is 6.43. The molecule has 0 aromatic heterocycles. The molecule has 0 spiro atoms. The second-order valence-corrected chi connectivity index (χ2v) is 2.44. The summed E-state index contributed by atoms with van der Waals surface area (Å²) in [5.74, 6) is 0. The van der Waals surface area contributed by atoms with Crippen molar-refractivity contribution in [2.45, 2.75) is 30.6 Å². The van der Waals surface area contributed by atoms with E-state index in [0.717, 1.165) is 0 Å². The third kappa shape index (κ3) is 2.28. The molecule has 0 saturated heterocycles.